The number of hydrogen-bond acceptors (Lipinski definition) is 8. The van der Waals surface area contributed by atoms with Gasteiger partial charge in [-0.25, -0.2) is 13.4 Å². The summed E-state index contributed by atoms with van der Waals surface area (Å²) >= 11 is 1.17. The third-order valence-corrected chi connectivity index (χ3v) is 7.24. The van der Waals surface area contributed by atoms with Gasteiger partial charge in [0.05, 0.1) is 23.8 Å². The van der Waals surface area contributed by atoms with Crippen LogP contribution in [0, 0.1) is 6.92 Å². The Balaban J connectivity index is 1.46. The van der Waals surface area contributed by atoms with Gasteiger partial charge in [0.25, 0.3) is 0 Å². The Kier molecular flexibility index (Phi) is 7.55. The summed E-state index contributed by atoms with van der Waals surface area (Å²) in [6.45, 7) is 3.89. The van der Waals surface area contributed by atoms with Crippen LogP contribution in [0.4, 0.5) is 0 Å². The number of furan rings is 1. The minimum atomic E-state index is -3.07. The van der Waals surface area contributed by atoms with Crippen molar-refractivity contribution in [2.45, 2.75) is 31.5 Å². The Morgan fingerprint density at radius 3 is 2.84 bits per heavy atom. The van der Waals surface area contributed by atoms with Crippen LogP contribution in [-0.4, -0.2) is 76.7 Å². The lowest BCUT2D eigenvalue weighted by Crippen LogP contribution is -2.45. The van der Waals surface area contributed by atoms with Crippen molar-refractivity contribution in [3.8, 4) is 0 Å². The van der Waals surface area contributed by atoms with Crippen molar-refractivity contribution in [3.05, 3.63) is 29.5 Å². The van der Waals surface area contributed by atoms with E-state index in [0.29, 0.717) is 29.7 Å². The van der Waals surface area contributed by atoms with Crippen LogP contribution in [-0.2, 0) is 19.4 Å². The van der Waals surface area contributed by atoms with E-state index in [1.165, 1.54) is 16.7 Å². The maximum Gasteiger partial charge on any atom is 0.239 e. The molecule has 0 aliphatic carbocycles. The fourth-order valence-electron chi connectivity index (χ4n) is 3.05. The molecule has 1 saturated heterocycles. The van der Waals surface area contributed by atoms with Gasteiger partial charge in [-0.15, -0.1) is 5.10 Å². The van der Waals surface area contributed by atoms with Crippen molar-refractivity contribution in [1.82, 2.24) is 25.4 Å². The zero-order valence-electron chi connectivity index (χ0n) is 17.3. The van der Waals surface area contributed by atoms with Gasteiger partial charge < -0.3 is 14.6 Å². The molecule has 0 spiro atoms. The number of carbonyl (C=O) groups excluding carboxylic acids is 2. The number of H-pyrrole nitrogens is 1. The molecular formula is C19H25N5O5S2. The number of nitrogens with zero attached hydrogens (tertiary/aromatic N) is 3. The van der Waals surface area contributed by atoms with Crippen molar-refractivity contribution in [1.29, 1.82) is 0 Å². The number of aromatic nitrogens is 3. The summed E-state index contributed by atoms with van der Waals surface area (Å²) in [4.78, 5) is 30.4. The summed E-state index contributed by atoms with van der Waals surface area (Å²) in [6, 6.07) is 3.32. The number of amides is 2. The summed E-state index contributed by atoms with van der Waals surface area (Å²) < 4.78 is 28.5. The van der Waals surface area contributed by atoms with Gasteiger partial charge in [-0.2, -0.15) is 0 Å². The Morgan fingerprint density at radius 2 is 2.19 bits per heavy atom. The molecule has 1 aliphatic rings. The van der Waals surface area contributed by atoms with Gasteiger partial charge in [0, 0.05) is 12.6 Å². The summed E-state index contributed by atoms with van der Waals surface area (Å²) in [7, 11) is -3.07. The molecule has 1 unspecified atom stereocenters. The van der Waals surface area contributed by atoms with Crippen LogP contribution in [0.25, 0.3) is 12.2 Å². The van der Waals surface area contributed by atoms with Crippen LogP contribution in [0.5, 0.6) is 0 Å². The first-order chi connectivity index (χ1) is 14.7. The second kappa shape index (κ2) is 10.1. The van der Waals surface area contributed by atoms with Gasteiger partial charge in [-0.3, -0.25) is 14.7 Å². The number of likely N-dealkylation sites (N-methyl/N-ethyl adjacent to an activating group) is 1. The van der Waals surface area contributed by atoms with Gasteiger partial charge in [0.2, 0.25) is 17.0 Å². The maximum atomic E-state index is 12.5. The van der Waals surface area contributed by atoms with E-state index in [2.05, 4.69) is 20.5 Å². The molecule has 31 heavy (non-hydrogen) atoms. The highest BCUT2D eigenvalue weighted by molar-refractivity contribution is 7.99. The Hall–Kier alpha value is -2.60. The summed E-state index contributed by atoms with van der Waals surface area (Å²) in [5.41, 5.74) is 0. The first-order valence-corrected chi connectivity index (χ1v) is 12.6. The van der Waals surface area contributed by atoms with Crippen molar-refractivity contribution in [2.24, 2.45) is 0 Å². The van der Waals surface area contributed by atoms with Gasteiger partial charge in [0.15, 0.2) is 9.84 Å². The molecule has 0 radical (unpaired) electrons. The molecule has 0 bridgehead atoms. The van der Waals surface area contributed by atoms with Crippen LogP contribution in [0.2, 0.25) is 0 Å². The third kappa shape index (κ3) is 6.96. The Labute approximate surface area is 184 Å². The molecule has 3 heterocycles. The molecule has 3 rings (SSSR count). The first-order valence-electron chi connectivity index (χ1n) is 9.81. The van der Waals surface area contributed by atoms with E-state index in [-0.39, 0.29) is 41.7 Å². The molecule has 0 aromatic carbocycles. The average Bonchev–Trinajstić information content (AvgIpc) is 3.42. The fraction of sp³-hybridized carbons (Fsp3) is 0.474. The van der Waals surface area contributed by atoms with Gasteiger partial charge >= 0.3 is 0 Å². The smallest absolute Gasteiger partial charge is 0.239 e. The topological polar surface area (TPSA) is 138 Å². The maximum absolute atomic E-state index is 12.5. The van der Waals surface area contributed by atoms with E-state index in [4.69, 9.17) is 4.42 Å². The molecule has 2 aromatic rings. The highest BCUT2D eigenvalue weighted by Gasteiger charge is 2.29. The van der Waals surface area contributed by atoms with Gasteiger partial charge in [-0.1, -0.05) is 11.8 Å². The lowest BCUT2D eigenvalue weighted by molar-refractivity contribution is -0.134. The molecule has 12 heteroatoms. The summed E-state index contributed by atoms with van der Waals surface area (Å²) in [5.74, 6) is 1.57. The van der Waals surface area contributed by atoms with Gasteiger partial charge in [0.1, 0.15) is 17.3 Å². The number of sulfone groups is 1. The molecule has 2 aromatic heterocycles. The zero-order valence-corrected chi connectivity index (χ0v) is 19.0. The normalized spacial score (nSPS) is 17.8. The molecular weight excluding hydrogens is 442 g/mol. The molecule has 168 valence electrons. The van der Waals surface area contributed by atoms with E-state index in [9.17, 15) is 18.0 Å². The highest BCUT2D eigenvalue weighted by atomic mass is 32.2. The minimum Gasteiger partial charge on any atom is -0.462 e. The van der Waals surface area contributed by atoms with Crippen LogP contribution in [0.3, 0.4) is 0 Å². The Morgan fingerprint density at radius 1 is 1.39 bits per heavy atom. The van der Waals surface area contributed by atoms with Crippen LogP contribution in [0.15, 0.2) is 21.7 Å². The highest BCUT2D eigenvalue weighted by Crippen LogP contribution is 2.15. The molecule has 1 aliphatic heterocycles. The van der Waals surface area contributed by atoms with E-state index >= 15 is 0 Å². The van der Waals surface area contributed by atoms with E-state index in [1.54, 1.807) is 19.1 Å². The standard InChI is InChI=1S/C19H25N5O5S2/c1-3-24(10-17(25)20-14-8-9-31(27,28)12-14)18(26)11-30-19-21-16(22-23-19)7-6-15-5-4-13(2)29-15/h4-7,14H,3,8-12H2,1-2H3,(H,20,25)(H,21,22,23)/b7-6+. The van der Waals surface area contributed by atoms with Crippen molar-refractivity contribution < 1.29 is 22.4 Å². The molecule has 2 N–H and O–H groups in total. The first kappa shape index (κ1) is 23.1. The lowest BCUT2D eigenvalue weighted by Gasteiger charge is -2.21. The van der Waals surface area contributed by atoms with E-state index < -0.39 is 9.84 Å². The van der Waals surface area contributed by atoms with Crippen LogP contribution < -0.4 is 5.32 Å². The van der Waals surface area contributed by atoms with Gasteiger partial charge in [-0.05, 0) is 44.6 Å². The van der Waals surface area contributed by atoms with Crippen LogP contribution in [0.1, 0.15) is 30.7 Å². The second-order valence-corrected chi connectivity index (χ2v) is 10.3. The van der Waals surface area contributed by atoms with Crippen LogP contribution >= 0.6 is 11.8 Å². The van der Waals surface area contributed by atoms with Crippen molar-refractivity contribution in [3.63, 3.8) is 0 Å². The molecule has 1 atom stereocenters. The number of rotatable bonds is 9. The van der Waals surface area contributed by atoms with Crippen molar-refractivity contribution >= 4 is 45.6 Å². The molecule has 2 amide bonds. The number of aromatic amines is 1. The minimum absolute atomic E-state index is 0.0458. The quantitative estimate of drug-likeness (QED) is 0.523. The number of carbonyl (C=O) groups is 2. The third-order valence-electron chi connectivity index (χ3n) is 4.64. The predicted octanol–water partition coefficient (Wildman–Crippen LogP) is 1.12. The van der Waals surface area contributed by atoms with Crippen molar-refractivity contribution in [2.75, 3.05) is 30.3 Å². The second-order valence-electron chi connectivity index (χ2n) is 7.15. The lowest BCUT2D eigenvalue weighted by atomic mass is 10.2. The number of aryl methyl sites for hydroxylation is 1. The molecule has 0 saturated carbocycles. The van der Waals surface area contributed by atoms with E-state index in [0.717, 1.165) is 5.76 Å². The average molecular weight is 468 g/mol. The monoisotopic (exact) mass is 467 g/mol. The number of hydrogen-bond donors (Lipinski definition) is 2. The Bertz CT molecular complexity index is 1060. The number of nitrogens with one attached hydrogen (secondary N) is 2. The summed E-state index contributed by atoms with van der Waals surface area (Å²) in [6.07, 6.45) is 3.90. The zero-order chi connectivity index (χ0) is 22.4. The summed E-state index contributed by atoms with van der Waals surface area (Å²) in [5, 5.41) is 9.97. The SMILES string of the molecule is CCN(CC(=O)NC1CCS(=O)(=O)C1)C(=O)CSc1n[nH]c(/C=C/c2ccc(C)o2)n1. The van der Waals surface area contributed by atoms with E-state index in [1.807, 2.05) is 19.1 Å². The number of thioether (sulfide) groups is 1. The largest absolute Gasteiger partial charge is 0.462 e. The molecule has 10 nitrogen and oxygen atoms in total. The fourth-order valence-corrected chi connectivity index (χ4v) is 5.43. The molecule has 1 fully saturated rings. The predicted molar refractivity (Wildman–Crippen MR) is 117 cm³/mol.